The number of hydrogen-bond acceptors (Lipinski definition) is 3. The quantitative estimate of drug-likeness (QED) is 0.641. The Morgan fingerprint density at radius 2 is 2.20 bits per heavy atom. The van der Waals surface area contributed by atoms with E-state index in [-0.39, 0.29) is 11.9 Å². The van der Waals surface area contributed by atoms with Crippen LogP contribution in [-0.2, 0) is 9.59 Å². The molecule has 1 aliphatic rings. The molecule has 1 heterocycles. The molecule has 0 aliphatic carbocycles. The van der Waals surface area contributed by atoms with E-state index in [2.05, 4.69) is 0 Å². The van der Waals surface area contributed by atoms with Gasteiger partial charge in [-0.2, -0.15) is 0 Å². The van der Waals surface area contributed by atoms with Crippen LogP contribution < -0.4 is 5.73 Å². The van der Waals surface area contributed by atoms with Gasteiger partial charge >= 0.3 is 5.97 Å². The van der Waals surface area contributed by atoms with Gasteiger partial charge in [-0.25, -0.2) is 4.79 Å². The van der Waals surface area contributed by atoms with Gasteiger partial charge in [-0.1, -0.05) is 12.5 Å². The molecule has 1 saturated heterocycles. The van der Waals surface area contributed by atoms with Crippen molar-refractivity contribution in [2.75, 3.05) is 13.1 Å². The molecule has 0 aromatic carbocycles. The standard InChI is InChI=1S/C10H16N2O3/c11-10(15)8-4-1-2-6-12(8)7-3-5-9(13)14/h3,5,8H,1-2,4,6-7H2,(H2,11,15)(H,13,14)/b5-3+. The van der Waals surface area contributed by atoms with Gasteiger partial charge in [-0.15, -0.1) is 0 Å². The van der Waals surface area contributed by atoms with Crippen LogP contribution in [0.4, 0.5) is 0 Å². The van der Waals surface area contributed by atoms with Gasteiger partial charge in [0.05, 0.1) is 6.04 Å². The molecule has 0 aromatic rings. The molecule has 84 valence electrons. The molecule has 0 saturated carbocycles. The minimum atomic E-state index is -0.970. The summed E-state index contributed by atoms with van der Waals surface area (Å²) < 4.78 is 0. The molecule has 1 unspecified atom stereocenters. The zero-order chi connectivity index (χ0) is 11.3. The average Bonchev–Trinajstić information content (AvgIpc) is 2.17. The summed E-state index contributed by atoms with van der Waals surface area (Å²) in [6, 6.07) is -0.239. The molecule has 0 spiro atoms. The number of nitrogens with zero attached hydrogens (tertiary/aromatic N) is 1. The first-order chi connectivity index (χ1) is 7.11. The zero-order valence-electron chi connectivity index (χ0n) is 8.56. The van der Waals surface area contributed by atoms with Crippen molar-refractivity contribution >= 4 is 11.9 Å². The lowest BCUT2D eigenvalue weighted by molar-refractivity contribution is -0.131. The van der Waals surface area contributed by atoms with E-state index in [0.29, 0.717) is 6.54 Å². The van der Waals surface area contributed by atoms with Crippen molar-refractivity contribution in [3.8, 4) is 0 Å². The lowest BCUT2D eigenvalue weighted by atomic mass is 10.0. The largest absolute Gasteiger partial charge is 0.478 e. The van der Waals surface area contributed by atoms with Crippen molar-refractivity contribution in [3.63, 3.8) is 0 Å². The first-order valence-electron chi connectivity index (χ1n) is 5.04. The van der Waals surface area contributed by atoms with E-state index in [4.69, 9.17) is 10.8 Å². The second kappa shape index (κ2) is 5.50. The summed E-state index contributed by atoms with van der Waals surface area (Å²) in [6.07, 6.45) is 5.45. The molecular weight excluding hydrogens is 196 g/mol. The minimum absolute atomic E-state index is 0.239. The Balaban J connectivity index is 2.49. The van der Waals surface area contributed by atoms with Crippen molar-refractivity contribution in [1.82, 2.24) is 4.90 Å². The third kappa shape index (κ3) is 3.71. The minimum Gasteiger partial charge on any atom is -0.478 e. The first kappa shape index (κ1) is 11.7. The summed E-state index contributed by atoms with van der Waals surface area (Å²) >= 11 is 0. The molecule has 15 heavy (non-hydrogen) atoms. The van der Waals surface area contributed by atoms with Gasteiger partial charge in [0.1, 0.15) is 0 Å². The predicted molar refractivity (Wildman–Crippen MR) is 55.2 cm³/mol. The number of likely N-dealkylation sites (tertiary alicyclic amines) is 1. The van der Waals surface area contributed by atoms with Crippen LogP contribution in [0.1, 0.15) is 19.3 Å². The van der Waals surface area contributed by atoms with Gasteiger partial charge in [0.2, 0.25) is 5.91 Å². The number of aliphatic carboxylic acids is 1. The number of nitrogens with two attached hydrogens (primary N) is 1. The summed E-state index contributed by atoms with van der Waals surface area (Å²) in [4.78, 5) is 23.3. The van der Waals surface area contributed by atoms with Gasteiger partial charge in [0, 0.05) is 12.6 Å². The monoisotopic (exact) mass is 212 g/mol. The highest BCUT2D eigenvalue weighted by Crippen LogP contribution is 2.16. The van der Waals surface area contributed by atoms with E-state index in [1.165, 1.54) is 0 Å². The fourth-order valence-corrected chi connectivity index (χ4v) is 1.82. The van der Waals surface area contributed by atoms with E-state index < -0.39 is 5.97 Å². The Morgan fingerprint density at radius 1 is 1.47 bits per heavy atom. The smallest absolute Gasteiger partial charge is 0.328 e. The normalized spacial score (nSPS) is 23.1. The lowest BCUT2D eigenvalue weighted by Gasteiger charge is -2.32. The van der Waals surface area contributed by atoms with Crippen LogP contribution in [0.2, 0.25) is 0 Å². The van der Waals surface area contributed by atoms with Gasteiger partial charge in [-0.3, -0.25) is 9.69 Å². The molecule has 5 heteroatoms. The summed E-state index contributed by atoms with van der Waals surface area (Å²) in [5.41, 5.74) is 5.27. The molecule has 0 radical (unpaired) electrons. The number of hydrogen-bond donors (Lipinski definition) is 2. The van der Waals surface area contributed by atoms with E-state index in [1.807, 2.05) is 4.90 Å². The number of carboxylic acid groups (broad SMARTS) is 1. The SMILES string of the molecule is NC(=O)C1CCCCN1C/C=C/C(=O)O. The topological polar surface area (TPSA) is 83.6 Å². The molecule has 0 aromatic heterocycles. The highest BCUT2D eigenvalue weighted by atomic mass is 16.4. The van der Waals surface area contributed by atoms with Crippen molar-refractivity contribution < 1.29 is 14.7 Å². The van der Waals surface area contributed by atoms with Crippen LogP contribution >= 0.6 is 0 Å². The highest BCUT2D eigenvalue weighted by molar-refractivity contribution is 5.80. The van der Waals surface area contributed by atoms with Gasteiger partial charge < -0.3 is 10.8 Å². The van der Waals surface area contributed by atoms with E-state index in [9.17, 15) is 9.59 Å². The number of carboxylic acids is 1. The second-order valence-electron chi connectivity index (χ2n) is 3.65. The highest BCUT2D eigenvalue weighted by Gasteiger charge is 2.25. The van der Waals surface area contributed by atoms with Crippen molar-refractivity contribution in [2.24, 2.45) is 5.73 Å². The van der Waals surface area contributed by atoms with Gasteiger partial charge in [-0.05, 0) is 19.4 Å². The number of piperidine rings is 1. The van der Waals surface area contributed by atoms with E-state index in [0.717, 1.165) is 31.9 Å². The lowest BCUT2D eigenvalue weighted by Crippen LogP contribution is -2.47. The number of carbonyl (C=O) groups excluding carboxylic acids is 1. The number of carbonyl (C=O) groups is 2. The summed E-state index contributed by atoms with van der Waals surface area (Å²) in [7, 11) is 0. The summed E-state index contributed by atoms with van der Waals surface area (Å²) in [6.45, 7) is 1.28. The van der Waals surface area contributed by atoms with E-state index in [1.54, 1.807) is 6.08 Å². The molecule has 1 amide bonds. The Morgan fingerprint density at radius 3 is 2.80 bits per heavy atom. The van der Waals surface area contributed by atoms with Crippen LogP contribution in [0, 0.1) is 0 Å². The number of rotatable bonds is 4. The van der Waals surface area contributed by atoms with Gasteiger partial charge in [0.25, 0.3) is 0 Å². The Kier molecular flexibility index (Phi) is 4.30. The Hall–Kier alpha value is -1.36. The number of primary amides is 1. The first-order valence-corrected chi connectivity index (χ1v) is 5.04. The van der Waals surface area contributed by atoms with Crippen LogP contribution in [-0.4, -0.2) is 41.0 Å². The van der Waals surface area contributed by atoms with Crippen LogP contribution in [0.25, 0.3) is 0 Å². The molecule has 1 aliphatic heterocycles. The third-order valence-electron chi connectivity index (χ3n) is 2.54. The van der Waals surface area contributed by atoms with Crippen LogP contribution in [0.3, 0.4) is 0 Å². The predicted octanol–water partition coefficient (Wildman–Crippen LogP) is -0.0330. The molecule has 1 rings (SSSR count). The maximum absolute atomic E-state index is 11.1. The molecule has 1 fully saturated rings. The summed E-state index contributed by atoms with van der Waals surface area (Å²) in [5.74, 6) is -1.29. The Labute approximate surface area is 88.5 Å². The molecule has 0 bridgehead atoms. The van der Waals surface area contributed by atoms with Crippen LogP contribution in [0.15, 0.2) is 12.2 Å². The van der Waals surface area contributed by atoms with Crippen molar-refractivity contribution in [1.29, 1.82) is 0 Å². The zero-order valence-corrected chi connectivity index (χ0v) is 8.56. The maximum atomic E-state index is 11.1. The molecule has 1 atom stereocenters. The number of amides is 1. The fourth-order valence-electron chi connectivity index (χ4n) is 1.82. The second-order valence-corrected chi connectivity index (χ2v) is 3.65. The maximum Gasteiger partial charge on any atom is 0.328 e. The summed E-state index contributed by atoms with van der Waals surface area (Å²) in [5, 5.41) is 8.42. The average molecular weight is 212 g/mol. The molecule has 3 N–H and O–H groups in total. The van der Waals surface area contributed by atoms with Crippen molar-refractivity contribution in [3.05, 3.63) is 12.2 Å². The fraction of sp³-hybridized carbons (Fsp3) is 0.600. The van der Waals surface area contributed by atoms with Gasteiger partial charge in [0.15, 0.2) is 0 Å². The molecular formula is C10H16N2O3. The van der Waals surface area contributed by atoms with E-state index >= 15 is 0 Å². The van der Waals surface area contributed by atoms with Crippen LogP contribution in [0.5, 0.6) is 0 Å². The third-order valence-corrected chi connectivity index (χ3v) is 2.54. The Bertz CT molecular complexity index is 276. The van der Waals surface area contributed by atoms with Crippen molar-refractivity contribution in [2.45, 2.75) is 25.3 Å². The molecule has 5 nitrogen and oxygen atoms in total.